The van der Waals surface area contributed by atoms with Crippen molar-refractivity contribution in [3.05, 3.63) is 59.1 Å². The van der Waals surface area contributed by atoms with Gasteiger partial charge in [0.2, 0.25) is 11.9 Å². The van der Waals surface area contributed by atoms with Crippen molar-refractivity contribution in [1.29, 1.82) is 0 Å². The second-order valence-electron chi connectivity index (χ2n) is 5.14. The molecule has 0 aliphatic heterocycles. The Morgan fingerprint density at radius 1 is 1.12 bits per heavy atom. The average molecular weight is 361 g/mol. The van der Waals surface area contributed by atoms with Crippen molar-refractivity contribution < 1.29 is 14.7 Å². The first-order valence-electron chi connectivity index (χ1n) is 7.20. The molecule has 0 bridgehead atoms. The molecule has 0 saturated heterocycles. The molecule has 1 aromatic carbocycles. The lowest BCUT2D eigenvalue weighted by Crippen LogP contribution is -2.20. The fraction of sp³-hybridized carbons (Fsp3) is 0.133. The van der Waals surface area contributed by atoms with E-state index >= 15 is 0 Å². The van der Waals surface area contributed by atoms with Gasteiger partial charge in [0.05, 0.1) is 6.54 Å². The smallest absolute Gasteiger partial charge is 0.356 e. The SMILES string of the molecule is O=C(Cn1ccc(C(=O)O)n1)Nc1ncn(Cc2ccc(Cl)cc2)n1. The molecular formula is C15H13ClN6O3. The highest BCUT2D eigenvalue weighted by molar-refractivity contribution is 6.30. The maximum absolute atomic E-state index is 11.9. The van der Waals surface area contributed by atoms with Crippen LogP contribution in [0.1, 0.15) is 16.1 Å². The summed E-state index contributed by atoms with van der Waals surface area (Å²) in [7, 11) is 0. The van der Waals surface area contributed by atoms with Gasteiger partial charge in [0.25, 0.3) is 0 Å². The van der Waals surface area contributed by atoms with Gasteiger partial charge in [0.15, 0.2) is 5.69 Å². The fourth-order valence-electron chi connectivity index (χ4n) is 2.08. The van der Waals surface area contributed by atoms with E-state index in [9.17, 15) is 9.59 Å². The van der Waals surface area contributed by atoms with Crippen LogP contribution in [0.4, 0.5) is 5.95 Å². The minimum Gasteiger partial charge on any atom is -0.476 e. The molecule has 0 atom stereocenters. The largest absolute Gasteiger partial charge is 0.476 e. The monoisotopic (exact) mass is 360 g/mol. The summed E-state index contributed by atoms with van der Waals surface area (Å²) in [6, 6.07) is 8.63. The number of carboxylic acids is 1. The molecule has 1 amide bonds. The average Bonchev–Trinajstić information content (AvgIpc) is 3.19. The van der Waals surface area contributed by atoms with Gasteiger partial charge in [-0.25, -0.2) is 14.5 Å². The summed E-state index contributed by atoms with van der Waals surface area (Å²) < 4.78 is 2.80. The number of anilines is 1. The topological polar surface area (TPSA) is 115 Å². The summed E-state index contributed by atoms with van der Waals surface area (Å²) in [4.78, 5) is 26.7. The Hall–Kier alpha value is -3.20. The Kier molecular flexibility index (Phi) is 4.75. The van der Waals surface area contributed by atoms with Crippen LogP contribution in [0, 0.1) is 0 Å². The number of halogens is 1. The molecule has 0 aliphatic rings. The number of amides is 1. The normalized spacial score (nSPS) is 10.6. The number of aromatic carboxylic acids is 1. The van der Waals surface area contributed by atoms with Crippen molar-refractivity contribution in [2.45, 2.75) is 13.1 Å². The summed E-state index contributed by atoms with van der Waals surface area (Å²) in [6.45, 7) is 0.347. The second-order valence-corrected chi connectivity index (χ2v) is 5.58. The van der Waals surface area contributed by atoms with Gasteiger partial charge < -0.3 is 5.11 Å². The third-order valence-electron chi connectivity index (χ3n) is 3.21. The van der Waals surface area contributed by atoms with Gasteiger partial charge >= 0.3 is 5.97 Å². The van der Waals surface area contributed by atoms with Crippen LogP contribution < -0.4 is 5.32 Å². The second kappa shape index (κ2) is 7.14. The van der Waals surface area contributed by atoms with Crippen LogP contribution in [0.3, 0.4) is 0 Å². The Balaban J connectivity index is 1.57. The van der Waals surface area contributed by atoms with Crippen LogP contribution in [0.25, 0.3) is 0 Å². The molecular weight excluding hydrogens is 348 g/mol. The molecule has 2 aromatic heterocycles. The molecule has 2 heterocycles. The number of carboxylic acid groups (broad SMARTS) is 1. The summed E-state index contributed by atoms with van der Waals surface area (Å²) in [5.74, 6) is -1.41. The van der Waals surface area contributed by atoms with E-state index in [1.807, 2.05) is 12.1 Å². The third-order valence-corrected chi connectivity index (χ3v) is 3.46. The van der Waals surface area contributed by atoms with Gasteiger partial charge in [0.1, 0.15) is 12.9 Å². The van der Waals surface area contributed by atoms with E-state index in [1.54, 1.807) is 16.8 Å². The Labute approximate surface area is 146 Å². The zero-order valence-electron chi connectivity index (χ0n) is 12.8. The predicted octanol–water partition coefficient (Wildman–Crippen LogP) is 1.51. The molecule has 0 unspecified atom stereocenters. The zero-order chi connectivity index (χ0) is 17.8. The highest BCUT2D eigenvalue weighted by Gasteiger charge is 2.11. The van der Waals surface area contributed by atoms with Crippen molar-refractivity contribution in [2.75, 3.05) is 5.32 Å². The van der Waals surface area contributed by atoms with Crippen LogP contribution in [-0.2, 0) is 17.9 Å². The molecule has 3 aromatic rings. The van der Waals surface area contributed by atoms with Crippen LogP contribution in [0.2, 0.25) is 5.02 Å². The molecule has 0 aliphatic carbocycles. The van der Waals surface area contributed by atoms with E-state index in [0.29, 0.717) is 11.6 Å². The quantitative estimate of drug-likeness (QED) is 0.688. The third kappa shape index (κ3) is 4.42. The number of aromatic nitrogens is 5. The Morgan fingerprint density at radius 2 is 1.88 bits per heavy atom. The van der Waals surface area contributed by atoms with E-state index < -0.39 is 11.9 Å². The molecule has 0 fully saturated rings. The Morgan fingerprint density at radius 3 is 2.56 bits per heavy atom. The van der Waals surface area contributed by atoms with Gasteiger partial charge in [-0.15, -0.1) is 5.10 Å². The molecule has 0 spiro atoms. The first-order valence-corrected chi connectivity index (χ1v) is 7.58. The van der Waals surface area contributed by atoms with Crippen molar-refractivity contribution in [2.24, 2.45) is 0 Å². The van der Waals surface area contributed by atoms with E-state index in [0.717, 1.165) is 5.56 Å². The zero-order valence-corrected chi connectivity index (χ0v) is 13.6. The number of nitrogens with zero attached hydrogens (tertiary/aromatic N) is 5. The number of carbonyl (C=O) groups excluding carboxylic acids is 1. The summed E-state index contributed by atoms with van der Waals surface area (Å²) in [6.07, 6.45) is 2.91. The van der Waals surface area contributed by atoms with Gasteiger partial charge in [-0.05, 0) is 23.8 Å². The molecule has 25 heavy (non-hydrogen) atoms. The molecule has 128 valence electrons. The molecule has 3 rings (SSSR count). The van der Waals surface area contributed by atoms with Crippen LogP contribution in [0.5, 0.6) is 0 Å². The number of benzene rings is 1. The molecule has 10 heteroatoms. The van der Waals surface area contributed by atoms with Crippen molar-refractivity contribution in [1.82, 2.24) is 24.5 Å². The van der Waals surface area contributed by atoms with Gasteiger partial charge in [-0.2, -0.15) is 5.10 Å². The van der Waals surface area contributed by atoms with Gasteiger partial charge in [0, 0.05) is 11.2 Å². The van der Waals surface area contributed by atoms with E-state index in [-0.39, 0.29) is 18.2 Å². The number of hydrogen-bond donors (Lipinski definition) is 2. The van der Waals surface area contributed by atoms with E-state index in [4.69, 9.17) is 16.7 Å². The first-order chi connectivity index (χ1) is 12.0. The highest BCUT2D eigenvalue weighted by atomic mass is 35.5. The number of nitrogens with one attached hydrogen (secondary N) is 1. The summed E-state index contributed by atoms with van der Waals surface area (Å²) >= 11 is 5.84. The van der Waals surface area contributed by atoms with Crippen LogP contribution in [0.15, 0.2) is 42.9 Å². The minimum absolute atomic E-state index is 0.127. The maximum atomic E-state index is 11.9. The van der Waals surface area contributed by atoms with Gasteiger partial charge in [-0.1, -0.05) is 23.7 Å². The molecule has 0 saturated carbocycles. The van der Waals surface area contributed by atoms with Crippen LogP contribution in [-0.4, -0.2) is 41.5 Å². The lowest BCUT2D eigenvalue weighted by atomic mass is 10.2. The highest BCUT2D eigenvalue weighted by Crippen LogP contribution is 2.10. The minimum atomic E-state index is -1.15. The number of rotatable bonds is 6. The number of carbonyl (C=O) groups is 2. The van der Waals surface area contributed by atoms with Crippen molar-refractivity contribution in [3.63, 3.8) is 0 Å². The molecule has 2 N–H and O–H groups in total. The summed E-state index contributed by atoms with van der Waals surface area (Å²) in [5, 5.41) is 19.9. The van der Waals surface area contributed by atoms with E-state index in [2.05, 4.69) is 20.5 Å². The predicted molar refractivity (Wildman–Crippen MR) is 88.4 cm³/mol. The lowest BCUT2D eigenvalue weighted by molar-refractivity contribution is -0.117. The lowest BCUT2D eigenvalue weighted by Gasteiger charge is -2.02. The van der Waals surface area contributed by atoms with E-state index in [1.165, 1.54) is 23.3 Å². The summed E-state index contributed by atoms with van der Waals surface area (Å²) in [5.41, 5.74) is 0.864. The maximum Gasteiger partial charge on any atom is 0.356 e. The fourth-order valence-corrected chi connectivity index (χ4v) is 2.21. The molecule has 9 nitrogen and oxygen atoms in total. The van der Waals surface area contributed by atoms with Crippen molar-refractivity contribution >= 4 is 29.4 Å². The van der Waals surface area contributed by atoms with Crippen molar-refractivity contribution in [3.8, 4) is 0 Å². The van der Waals surface area contributed by atoms with Gasteiger partial charge in [-0.3, -0.25) is 14.8 Å². The number of hydrogen-bond acceptors (Lipinski definition) is 5. The van der Waals surface area contributed by atoms with Crippen LogP contribution >= 0.6 is 11.6 Å². The molecule has 0 radical (unpaired) electrons. The first kappa shape index (κ1) is 16.7. The Bertz CT molecular complexity index is 902. The standard InChI is InChI=1S/C15H13ClN6O3/c16-11-3-1-10(2-4-11)7-22-9-17-15(20-22)18-13(23)8-21-6-5-12(19-21)14(24)25/h1-6,9H,7-8H2,(H,24,25)(H,18,20,23).